The molecule has 0 spiro atoms. The van der Waals surface area contributed by atoms with Gasteiger partial charge in [0.05, 0.1) is 11.6 Å². The molecule has 0 aliphatic carbocycles. The van der Waals surface area contributed by atoms with Crippen molar-refractivity contribution >= 4 is 17.6 Å². The first-order valence-electron chi connectivity index (χ1n) is 7.30. The van der Waals surface area contributed by atoms with Crippen LogP contribution >= 0.6 is 11.8 Å². The highest BCUT2D eigenvalue weighted by Crippen LogP contribution is 2.39. The van der Waals surface area contributed by atoms with Crippen molar-refractivity contribution in [2.24, 2.45) is 0 Å². The van der Waals surface area contributed by atoms with Crippen molar-refractivity contribution in [1.29, 1.82) is 0 Å². The second kappa shape index (κ2) is 5.22. The lowest BCUT2D eigenvalue weighted by Gasteiger charge is -2.13. The van der Waals surface area contributed by atoms with Gasteiger partial charge in [-0.15, -0.1) is 0 Å². The Hall–Kier alpha value is -1.75. The van der Waals surface area contributed by atoms with Crippen molar-refractivity contribution in [1.82, 2.24) is 9.97 Å². The fraction of sp³-hybridized carbons (Fsp3) is 0.375. The maximum Gasteiger partial charge on any atom is 0.142 e. The van der Waals surface area contributed by atoms with E-state index >= 15 is 0 Å². The van der Waals surface area contributed by atoms with Crippen LogP contribution in [0.4, 0.5) is 5.82 Å². The minimum atomic E-state index is 0.148. The Morgan fingerprint density at radius 1 is 1.29 bits per heavy atom. The van der Waals surface area contributed by atoms with Gasteiger partial charge in [-0.1, -0.05) is 18.2 Å². The van der Waals surface area contributed by atoms with Crippen LogP contribution in [0.5, 0.6) is 5.75 Å². The van der Waals surface area contributed by atoms with Crippen LogP contribution in [0.25, 0.3) is 0 Å². The summed E-state index contributed by atoms with van der Waals surface area (Å²) in [5.74, 6) is 5.00. The number of rotatable bonds is 3. The summed E-state index contributed by atoms with van der Waals surface area (Å²) in [5.41, 5.74) is 3.66. The molecule has 2 aliphatic heterocycles. The second-order valence-electron chi connectivity index (χ2n) is 5.28. The molecule has 2 aliphatic rings. The van der Waals surface area contributed by atoms with Gasteiger partial charge in [0.2, 0.25) is 0 Å². The maximum atomic E-state index is 5.78. The van der Waals surface area contributed by atoms with Crippen LogP contribution in [-0.4, -0.2) is 23.1 Å². The lowest BCUT2D eigenvalue weighted by molar-refractivity contribution is 0.339. The molecular weight excluding hydrogens is 282 g/mol. The van der Waals surface area contributed by atoms with E-state index < -0.39 is 0 Å². The predicted molar refractivity (Wildman–Crippen MR) is 85.0 cm³/mol. The molecule has 21 heavy (non-hydrogen) atoms. The molecule has 108 valence electrons. The molecule has 0 saturated heterocycles. The first-order chi connectivity index (χ1) is 10.4. The average Bonchev–Trinajstić information content (AvgIpc) is 3.13. The smallest absolute Gasteiger partial charge is 0.142 e. The van der Waals surface area contributed by atoms with E-state index in [0.717, 1.165) is 35.4 Å². The largest absolute Gasteiger partial charge is 0.492 e. The SMILES string of the molecule is CCNc1nc(C2COc3ccccc32)nc2c1CSC2. The van der Waals surface area contributed by atoms with E-state index in [1.807, 2.05) is 23.9 Å². The molecule has 0 fully saturated rings. The van der Waals surface area contributed by atoms with Gasteiger partial charge < -0.3 is 10.1 Å². The van der Waals surface area contributed by atoms with Crippen LogP contribution in [0.3, 0.4) is 0 Å². The first kappa shape index (κ1) is 13.0. The highest BCUT2D eigenvalue weighted by atomic mass is 32.2. The molecule has 2 aromatic rings. The van der Waals surface area contributed by atoms with Crippen molar-refractivity contribution in [3.05, 3.63) is 46.9 Å². The summed E-state index contributed by atoms with van der Waals surface area (Å²) < 4.78 is 5.78. The monoisotopic (exact) mass is 299 g/mol. The van der Waals surface area contributed by atoms with Crippen molar-refractivity contribution in [2.45, 2.75) is 24.3 Å². The zero-order valence-corrected chi connectivity index (χ0v) is 12.7. The average molecular weight is 299 g/mol. The Kier molecular flexibility index (Phi) is 3.22. The molecule has 4 nitrogen and oxygen atoms in total. The van der Waals surface area contributed by atoms with Gasteiger partial charge in [-0.25, -0.2) is 9.97 Å². The van der Waals surface area contributed by atoms with Gasteiger partial charge in [-0.3, -0.25) is 0 Å². The van der Waals surface area contributed by atoms with E-state index in [1.54, 1.807) is 0 Å². The van der Waals surface area contributed by atoms with Gasteiger partial charge in [-0.2, -0.15) is 11.8 Å². The summed E-state index contributed by atoms with van der Waals surface area (Å²) >= 11 is 1.91. The van der Waals surface area contributed by atoms with Crippen molar-refractivity contribution < 1.29 is 4.74 Å². The van der Waals surface area contributed by atoms with E-state index in [4.69, 9.17) is 14.7 Å². The molecule has 0 bridgehead atoms. The Morgan fingerprint density at radius 3 is 3.10 bits per heavy atom. The zero-order chi connectivity index (χ0) is 14.2. The van der Waals surface area contributed by atoms with Crippen LogP contribution in [0, 0.1) is 0 Å². The summed E-state index contributed by atoms with van der Waals surface area (Å²) in [6.45, 7) is 3.62. The quantitative estimate of drug-likeness (QED) is 0.943. The molecule has 1 atom stereocenters. The number of para-hydroxylation sites is 1. The van der Waals surface area contributed by atoms with Gasteiger partial charge in [0.25, 0.3) is 0 Å². The summed E-state index contributed by atoms with van der Waals surface area (Å²) in [6, 6.07) is 8.19. The maximum absolute atomic E-state index is 5.78. The minimum Gasteiger partial charge on any atom is -0.492 e. The molecule has 1 aromatic carbocycles. The fourth-order valence-corrected chi connectivity index (χ4v) is 3.96. The van der Waals surface area contributed by atoms with Gasteiger partial charge in [0.1, 0.15) is 24.0 Å². The lowest BCUT2D eigenvalue weighted by atomic mass is 10.0. The van der Waals surface area contributed by atoms with Crippen molar-refractivity contribution in [3.8, 4) is 5.75 Å². The predicted octanol–water partition coefficient (Wildman–Crippen LogP) is 3.18. The lowest BCUT2D eigenvalue weighted by Crippen LogP contribution is -2.13. The van der Waals surface area contributed by atoms with E-state index in [0.29, 0.717) is 6.61 Å². The van der Waals surface area contributed by atoms with Crippen LogP contribution in [0.1, 0.15) is 35.5 Å². The molecule has 5 heteroatoms. The number of aromatic nitrogens is 2. The van der Waals surface area contributed by atoms with Crippen LogP contribution in [0.2, 0.25) is 0 Å². The number of hydrogen-bond donors (Lipinski definition) is 1. The topological polar surface area (TPSA) is 47.0 Å². The highest BCUT2D eigenvalue weighted by Gasteiger charge is 2.30. The number of nitrogens with zero attached hydrogens (tertiary/aromatic N) is 2. The van der Waals surface area contributed by atoms with Crippen LogP contribution < -0.4 is 10.1 Å². The second-order valence-corrected chi connectivity index (χ2v) is 6.27. The number of nitrogens with one attached hydrogen (secondary N) is 1. The molecule has 4 rings (SSSR count). The number of ether oxygens (including phenoxy) is 1. The third-order valence-electron chi connectivity index (χ3n) is 3.95. The number of hydrogen-bond acceptors (Lipinski definition) is 5. The van der Waals surface area contributed by atoms with Gasteiger partial charge in [0.15, 0.2) is 0 Å². The Balaban J connectivity index is 1.78. The molecule has 0 saturated carbocycles. The number of fused-ring (bicyclic) bond motifs is 2. The van der Waals surface area contributed by atoms with E-state index in [9.17, 15) is 0 Å². The highest BCUT2D eigenvalue weighted by molar-refractivity contribution is 7.98. The van der Waals surface area contributed by atoms with Crippen molar-refractivity contribution in [3.63, 3.8) is 0 Å². The Morgan fingerprint density at radius 2 is 2.19 bits per heavy atom. The van der Waals surface area contributed by atoms with E-state index in [-0.39, 0.29) is 5.92 Å². The number of benzene rings is 1. The normalized spacial score (nSPS) is 19.0. The molecule has 0 radical (unpaired) electrons. The number of anilines is 1. The summed E-state index contributed by atoms with van der Waals surface area (Å²) in [4.78, 5) is 9.62. The zero-order valence-electron chi connectivity index (χ0n) is 11.9. The third-order valence-corrected chi connectivity index (χ3v) is 4.92. The molecule has 1 N–H and O–H groups in total. The van der Waals surface area contributed by atoms with Gasteiger partial charge in [0, 0.05) is 29.2 Å². The molecule has 1 aromatic heterocycles. The third kappa shape index (κ3) is 2.16. The minimum absolute atomic E-state index is 0.148. The van der Waals surface area contributed by atoms with Crippen LogP contribution in [0.15, 0.2) is 24.3 Å². The number of thioether (sulfide) groups is 1. The van der Waals surface area contributed by atoms with E-state index in [2.05, 4.69) is 24.4 Å². The Bertz CT molecular complexity index is 689. The van der Waals surface area contributed by atoms with E-state index in [1.165, 1.54) is 16.8 Å². The molecule has 0 amide bonds. The summed E-state index contributed by atoms with van der Waals surface area (Å²) in [7, 11) is 0. The van der Waals surface area contributed by atoms with Crippen molar-refractivity contribution in [2.75, 3.05) is 18.5 Å². The standard InChI is InChI=1S/C16H17N3OS/c1-2-17-15-12-8-21-9-13(12)18-16(19-15)11-7-20-14-6-4-3-5-10(11)14/h3-6,11H,2,7-9H2,1H3,(H,17,18,19). The summed E-state index contributed by atoms with van der Waals surface area (Å²) in [5, 5.41) is 3.39. The summed E-state index contributed by atoms with van der Waals surface area (Å²) in [6.07, 6.45) is 0. The molecular formula is C16H17N3OS. The van der Waals surface area contributed by atoms with Crippen LogP contribution in [-0.2, 0) is 11.5 Å². The Labute approximate surface area is 128 Å². The first-order valence-corrected chi connectivity index (χ1v) is 8.45. The molecule has 3 heterocycles. The van der Waals surface area contributed by atoms with Gasteiger partial charge >= 0.3 is 0 Å². The van der Waals surface area contributed by atoms with Gasteiger partial charge in [-0.05, 0) is 13.0 Å². The molecule has 1 unspecified atom stereocenters. The fourth-order valence-electron chi connectivity index (χ4n) is 2.92.